The molecule has 118 valence electrons. The Morgan fingerprint density at radius 3 is 2.86 bits per heavy atom. The fourth-order valence-electron chi connectivity index (χ4n) is 3.04. The molecule has 1 N–H and O–H groups in total. The molecule has 0 aromatic carbocycles. The van der Waals surface area contributed by atoms with E-state index in [0.717, 1.165) is 24.8 Å². The normalized spacial score (nSPS) is 22.1. The molecule has 2 atom stereocenters. The Balaban J connectivity index is 2.05. The molecular weight excluding hydrogens is 286 g/mol. The Hall–Kier alpha value is -0.980. The first kappa shape index (κ1) is 16.4. The molecule has 0 bridgehead atoms. The van der Waals surface area contributed by atoms with Gasteiger partial charge >= 0.3 is 0 Å². The molecule has 2 rings (SSSR count). The smallest absolute Gasteiger partial charge is 0.211 e. The van der Waals surface area contributed by atoms with E-state index in [9.17, 15) is 8.42 Å². The van der Waals surface area contributed by atoms with E-state index in [2.05, 4.69) is 16.4 Å². The van der Waals surface area contributed by atoms with Crippen molar-refractivity contribution in [1.29, 1.82) is 0 Å². The molecule has 6 heteroatoms. The number of hydrogen-bond acceptors (Lipinski definition) is 4. The second-order valence-electron chi connectivity index (χ2n) is 6.00. The first-order valence-electron chi connectivity index (χ1n) is 7.44. The summed E-state index contributed by atoms with van der Waals surface area (Å²) in [4.78, 5) is 4.25. The van der Waals surface area contributed by atoms with E-state index in [1.165, 1.54) is 11.8 Å². The van der Waals surface area contributed by atoms with Gasteiger partial charge in [0.15, 0.2) is 0 Å². The molecule has 21 heavy (non-hydrogen) atoms. The highest BCUT2D eigenvalue weighted by molar-refractivity contribution is 7.88. The summed E-state index contributed by atoms with van der Waals surface area (Å²) in [6, 6.07) is 2.37. The molecule has 5 nitrogen and oxygen atoms in total. The van der Waals surface area contributed by atoms with Gasteiger partial charge in [-0.05, 0) is 50.3 Å². The summed E-state index contributed by atoms with van der Waals surface area (Å²) >= 11 is 0. The number of piperidine rings is 1. The van der Waals surface area contributed by atoms with Gasteiger partial charge in [-0.1, -0.05) is 6.07 Å². The predicted molar refractivity (Wildman–Crippen MR) is 84.5 cm³/mol. The Kier molecular flexibility index (Phi) is 5.35. The van der Waals surface area contributed by atoms with E-state index < -0.39 is 10.0 Å². The first-order chi connectivity index (χ1) is 9.90. The average Bonchev–Trinajstić information content (AvgIpc) is 2.44. The summed E-state index contributed by atoms with van der Waals surface area (Å²) in [5, 5.41) is 3.34. The number of hydrogen-bond donors (Lipinski definition) is 1. The third-order valence-corrected chi connectivity index (χ3v) is 5.44. The zero-order valence-corrected chi connectivity index (χ0v) is 13.9. The number of aryl methyl sites for hydroxylation is 1. The quantitative estimate of drug-likeness (QED) is 0.899. The van der Waals surface area contributed by atoms with E-state index >= 15 is 0 Å². The van der Waals surface area contributed by atoms with E-state index in [4.69, 9.17) is 0 Å². The molecule has 0 aliphatic carbocycles. The van der Waals surface area contributed by atoms with Crippen LogP contribution in [0.25, 0.3) is 0 Å². The van der Waals surface area contributed by atoms with Gasteiger partial charge in [0.1, 0.15) is 0 Å². The maximum absolute atomic E-state index is 11.7. The fourth-order valence-corrected chi connectivity index (χ4v) is 3.99. The van der Waals surface area contributed by atoms with Crippen LogP contribution in [-0.4, -0.2) is 44.1 Å². The van der Waals surface area contributed by atoms with Crippen molar-refractivity contribution in [2.75, 3.05) is 26.4 Å². The molecule has 0 amide bonds. The molecule has 1 fully saturated rings. The van der Waals surface area contributed by atoms with Gasteiger partial charge in [-0.3, -0.25) is 4.98 Å². The number of sulfonamides is 1. The van der Waals surface area contributed by atoms with Gasteiger partial charge in [0.25, 0.3) is 0 Å². The zero-order chi connectivity index (χ0) is 15.5. The summed E-state index contributed by atoms with van der Waals surface area (Å²) in [6.07, 6.45) is 8.01. The lowest BCUT2D eigenvalue weighted by molar-refractivity contribution is 0.240. The summed E-state index contributed by atoms with van der Waals surface area (Å²) in [5.41, 5.74) is 2.32. The van der Waals surface area contributed by atoms with Crippen molar-refractivity contribution in [3.63, 3.8) is 0 Å². The van der Waals surface area contributed by atoms with E-state index in [-0.39, 0.29) is 6.04 Å². The molecule has 1 aromatic heterocycles. The maximum atomic E-state index is 11.7. The molecule has 2 heterocycles. The number of rotatable bonds is 5. The minimum atomic E-state index is -3.07. The molecule has 1 aliphatic rings. The highest BCUT2D eigenvalue weighted by Gasteiger charge is 2.27. The Bertz CT molecular complexity index is 574. The van der Waals surface area contributed by atoms with Crippen molar-refractivity contribution in [3.05, 3.63) is 29.6 Å². The fraction of sp³-hybridized carbons (Fsp3) is 0.667. The summed E-state index contributed by atoms with van der Waals surface area (Å²) in [7, 11) is -1.12. The topological polar surface area (TPSA) is 62.3 Å². The van der Waals surface area contributed by atoms with Crippen LogP contribution in [0.15, 0.2) is 18.5 Å². The largest absolute Gasteiger partial charge is 0.313 e. The van der Waals surface area contributed by atoms with Crippen LogP contribution in [-0.2, 0) is 10.0 Å². The monoisotopic (exact) mass is 311 g/mol. The Morgan fingerprint density at radius 1 is 1.48 bits per heavy atom. The van der Waals surface area contributed by atoms with Gasteiger partial charge in [0.05, 0.1) is 6.26 Å². The van der Waals surface area contributed by atoms with Crippen LogP contribution in [0.5, 0.6) is 0 Å². The van der Waals surface area contributed by atoms with Crippen LogP contribution >= 0.6 is 0 Å². The lowest BCUT2D eigenvalue weighted by atomic mass is 9.90. The molecule has 1 aliphatic heterocycles. The van der Waals surface area contributed by atoms with Gasteiger partial charge in [-0.25, -0.2) is 12.7 Å². The summed E-state index contributed by atoms with van der Waals surface area (Å²) in [5.74, 6) is 0.395. The van der Waals surface area contributed by atoms with Gasteiger partial charge in [-0.2, -0.15) is 0 Å². The maximum Gasteiger partial charge on any atom is 0.211 e. The van der Waals surface area contributed by atoms with Crippen molar-refractivity contribution >= 4 is 10.0 Å². The summed E-state index contributed by atoms with van der Waals surface area (Å²) < 4.78 is 25.0. The second-order valence-corrected chi connectivity index (χ2v) is 7.98. The zero-order valence-electron chi connectivity index (χ0n) is 13.0. The van der Waals surface area contributed by atoms with Gasteiger partial charge in [-0.15, -0.1) is 0 Å². The standard InChI is InChI=1S/C15H25N3O2S/c1-12-7-14(10-17-9-12)15(16-2)8-13-5-4-6-18(11-13)21(3,19)20/h7,9-10,13,15-16H,4-6,8,11H2,1-3H3. The molecule has 0 saturated carbocycles. The second kappa shape index (κ2) is 6.85. The molecule has 0 radical (unpaired) electrons. The lowest BCUT2D eigenvalue weighted by Gasteiger charge is -2.33. The van der Waals surface area contributed by atoms with Crippen LogP contribution in [0.2, 0.25) is 0 Å². The minimum Gasteiger partial charge on any atom is -0.313 e. The van der Waals surface area contributed by atoms with Gasteiger partial charge in [0.2, 0.25) is 10.0 Å². The van der Waals surface area contributed by atoms with Crippen LogP contribution in [0, 0.1) is 12.8 Å². The molecule has 1 saturated heterocycles. The van der Waals surface area contributed by atoms with E-state index in [1.54, 1.807) is 4.31 Å². The molecule has 0 spiro atoms. The summed E-state index contributed by atoms with van der Waals surface area (Å²) in [6.45, 7) is 3.33. The third-order valence-electron chi connectivity index (χ3n) is 4.17. The van der Waals surface area contributed by atoms with Crippen LogP contribution in [0.1, 0.15) is 36.4 Å². The Labute approximate surface area is 127 Å². The number of nitrogens with one attached hydrogen (secondary N) is 1. The SMILES string of the molecule is CNC(CC1CCCN(S(C)(=O)=O)C1)c1cncc(C)c1. The predicted octanol–water partition coefficient (Wildman–Crippen LogP) is 1.71. The lowest BCUT2D eigenvalue weighted by Crippen LogP contribution is -2.40. The average molecular weight is 311 g/mol. The molecular formula is C15H25N3O2S. The highest BCUT2D eigenvalue weighted by Crippen LogP contribution is 2.28. The van der Waals surface area contributed by atoms with Crippen LogP contribution in [0.3, 0.4) is 0 Å². The van der Waals surface area contributed by atoms with Crippen LogP contribution < -0.4 is 5.32 Å². The van der Waals surface area contributed by atoms with Gasteiger partial charge < -0.3 is 5.32 Å². The first-order valence-corrected chi connectivity index (χ1v) is 9.29. The van der Waals surface area contributed by atoms with Crippen molar-refractivity contribution in [3.8, 4) is 0 Å². The minimum absolute atomic E-state index is 0.224. The number of pyridine rings is 1. The third kappa shape index (κ3) is 4.49. The van der Waals surface area contributed by atoms with Crippen molar-refractivity contribution in [2.45, 2.75) is 32.2 Å². The van der Waals surface area contributed by atoms with Gasteiger partial charge in [0, 0.05) is 31.5 Å². The number of aromatic nitrogens is 1. The van der Waals surface area contributed by atoms with E-state index in [0.29, 0.717) is 19.0 Å². The van der Waals surface area contributed by atoms with Crippen molar-refractivity contribution in [2.24, 2.45) is 5.92 Å². The van der Waals surface area contributed by atoms with Crippen molar-refractivity contribution in [1.82, 2.24) is 14.6 Å². The number of nitrogens with zero attached hydrogens (tertiary/aromatic N) is 2. The highest BCUT2D eigenvalue weighted by atomic mass is 32.2. The Morgan fingerprint density at radius 2 is 2.24 bits per heavy atom. The van der Waals surface area contributed by atoms with Crippen molar-refractivity contribution < 1.29 is 8.42 Å². The van der Waals surface area contributed by atoms with Crippen LogP contribution in [0.4, 0.5) is 0 Å². The van der Waals surface area contributed by atoms with E-state index in [1.807, 2.05) is 26.4 Å². The molecule has 2 unspecified atom stereocenters. The molecule has 1 aromatic rings.